The maximum absolute atomic E-state index is 11.5. The molecule has 0 fully saturated rings. The fraction of sp³-hybridized carbons (Fsp3) is 0.286. The fourth-order valence-corrected chi connectivity index (χ4v) is 2.02. The van der Waals surface area contributed by atoms with Crippen LogP contribution in [0.25, 0.3) is 10.9 Å². The van der Waals surface area contributed by atoms with Gasteiger partial charge in [-0.15, -0.1) is 0 Å². The largest absolute Gasteiger partial charge is 0.480 e. The van der Waals surface area contributed by atoms with Gasteiger partial charge in [-0.3, -0.25) is 4.79 Å². The van der Waals surface area contributed by atoms with Gasteiger partial charge in [0, 0.05) is 23.5 Å². The van der Waals surface area contributed by atoms with Gasteiger partial charge in [0.15, 0.2) is 0 Å². The lowest BCUT2D eigenvalue weighted by atomic mass is 10.0. The van der Waals surface area contributed by atoms with Crippen molar-refractivity contribution in [3.8, 4) is 0 Å². The zero-order valence-corrected chi connectivity index (χ0v) is 11.1. The second kappa shape index (κ2) is 5.75. The van der Waals surface area contributed by atoms with Crippen molar-refractivity contribution >= 4 is 22.8 Å². The minimum Gasteiger partial charge on any atom is -0.480 e. The predicted octanol–water partition coefficient (Wildman–Crippen LogP) is 0.627. The van der Waals surface area contributed by atoms with Gasteiger partial charge in [0.1, 0.15) is 6.04 Å². The van der Waals surface area contributed by atoms with Crippen LogP contribution in [0.1, 0.15) is 12.5 Å². The van der Waals surface area contributed by atoms with E-state index >= 15 is 0 Å². The molecule has 0 saturated carbocycles. The molecule has 0 bridgehead atoms. The molecule has 6 heteroatoms. The van der Waals surface area contributed by atoms with Gasteiger partial charge in [0.25, 0.3) is 0 Å². The number of aliphatic carboxylic acids is 1. The summed E-state index contributed by atoms with van der Waals surface area (Å²) >= 11 is 0. The molecule has 2 rings (SSSR count). The molecule has 2 atom stereocenters. The highest BCUT2D eigenvalue weighted by Crippen LogP contribution is 2.19. The van der Waals surface area contributed by atoms with E-state index in [1.807, 2.05) is 24.3 Å². The van der Waals surface area contributed by atoms with Crippen LogP contribution in [0.2, 0.25) is 0 Å². The fourth-order valence-electron chi connectivity index (χ4n) is 2.02. The van der Waals surface area contributed by atoms with E-state index in [9.17, 15) is 14.7 Å². The number of carbonyl (C=O) groups excluding carboxylic acids is 1. The van der Waals surface area contributed by atoms with E-state index in [-0.39, 0.29) is 6.42 Å². The molecule has 0 radical (unpaired) electrons. The second-order valence-corrected chi connectivity index (χ2v) is 4.75. The summed E-state index contributed by atoms with van der Waals surface area (Å²) in [6.07, 6.45) is 1.97. The lowest BCUT2D eigenvalue weighted by Crippen LogP contribution is -2.48. The topological polar surface area (TPSA) is 108 Å². The van der Waals surface area contributed by atoms with Crippen LogP contribution in [0.4, 0.5) is 0 Å². The third kappa shape index (κ3) is 2.97. The van der Waals surface area contributed by atoms with Crippen LogP contribution in [0.15, 0.2) is 30.5 Å². The van der Waals surface area contributed by atoms with E-state index in [1.54, 1.807) is 6.20 Å². The Bertz CT molecular complexity index is 633. The highest BCUT2D eigenvalue weighted by Gasteiger charge is 2.22. The molecule has 1 aromatic carbocycles. The van der Waals surface area contributed by atoms with E-state index in [2.05, 4.69) is 10.3 Å². The van der Waals surface area contributed by atoms with Crippen LogP contribution in [0, 0.1) is 0 Å². The average molecular weight is 275 g/mol. The summed E-state index contributed by atoms with van der Waals surface area (Å²) in [6.45, 7) is 1.51. The average Bonchev–Trinajstić information content (AvgIpc) is 2.81. The van der Waals surface area contributed by atoms with Crippen LogP contribution >= 0.6 is 0 Å². The molecule has 106 valence electrons. The second-order valence-electron chi connectivity index (χ2n) is 4.75. The molecule has 0 aliphatic carbocycles. The molecule has 0 saturated heterocycles. The molecule has 0 spiro atoms. The van der Waals surface area contributed by atoms with Gasteiger partial charge >= 0.3 is 5.97 Å². The summed E-state index contributed by atoms with van der Waals surface area (Å²) in [4.78, 5) is 25.9. The van der Waals surface area contributed by atoms with Crippen molar-refractivity contribution in [2.24, 2.45) is 5.73 Å². The Balaban J connectivity index is 2.20. The van der Waals surface area contributed by atoms with Crippen LogP contribution < -0.4 is 11.1 Å². The minimum absolute atomic E-state index is 0.206. The summed E-state index contributed by atoms with van der Waals surface area (Å²) in [5, 5.41) is 12.6. The molecule has 0 unspecified atom stereocenters. The first-order valence-electron chi connectivity index (χ1n) is 6.33. The number of nitrogens with one attached hydrogen (secondary N) is 2. The van der Waals surface area contributed by atoms with E-state index in [4.69, 9.17) is 5.73 Å². The number of para-hydroxylation sites is 1. The first kappa shape index (κ1) is 14.1. The van der Waals surface area contributed by atoms with Crippen molar-refractivity contribution in [3.05, 3.63) is 36.0 Å². The van der Waals surface area contributed by atoms with Crippen molar-refractivity contribution in [2.45, 2.75) is 25.4 Å². The number of amides is 1. The third-order valence-electron chi connectivity index (χ3n) is 3.13. The van der Waals surface area contributed by atoms with Crippen molar-refractivity contribution in [1.82, 2.24) is 10.3 Å². The van der Waals surface area contributed by atoms with Gasteiger partial charge in [-0.2, -0.15) is 0 Å². The van der Waals surface area contributed by atoms with Crippen molar-refractivity contribution in [3.63, 3.8) is 0 Å². The minimum atomic E-state index is -1.08. The smallest absolute Gasteiger partial charge is 0.326 e. The molecule has 1 aromatic heterocycles. The predicted molar refractivity (Wildman–Crippen MR) is 75.2 cm³/mol. The molecule has 0 aliphatic rings. The molecule has 0 aliphatic heterocycles. The summed E-state index contributed by atoms with van der Waals surface area (Å²) in [7, 11) is 0. The van der Waals surface area contributed by atoms with E-state index in [1.165, 1.54) is 6.92 Å². The molecule has 20 heavy (non-hydrogen) atoms. The highest BCUT2D eigenvalue weighted by atomic mass is 16.4. The number of hydrogen-bond acceptors (Lipinski definition) is 3. The molecule has 6 nitrogen and oxygen atoms in total. The van der Waals surface area contributed by atoms with Gasteiger partial charge in [-0.05, 0) is 18.6 Å². The number of rotatable bonds is 5. The van der Waals surface area contributed by atoms with E-state index < -0.39 is 24.0 Å². The Kier molecular flexibility index (Phi) is 4.05. The quantitative estimate of drug-likeness (QED) is 0.641. The van der Waals surface area contributed by atoms with Crippen LogP contribution in [0.3, 0.4) is 0 Å². The molecular formula is C14H17N3O3. The summed E-state index contributed by atoms with van der Waals surface area (Å²) in [6, 6.07) is 5.88. The maximum atomic E-state index is 11.5. The normalized spacial score (nSPS) is 13.9. The molecular weight excluding hydrogens is 258 g/mol. The van der Waals surface area contributed by atoms with Crippen LogP contribution in [-0.4, -0.2) is 34.1 Å². The molecule has 1 heterocycles. The monoisotopic (exact) mass is 275 g/mol. The number of carboxylic acid groups (broad SMARTS) is 1. The Morgan fingerprint density at radius 2 is 2.10 bits per heavy atom. The SMILES string of the molecule is C[C@H](N)C(=O)N[C@H](Cc1c[nH]c2ccccc12)C(=O)O. The lowest BCUT2D eigenvalue weighted by molar-refractivity contribution is -0.141. The van der Waals surface area contributed by atoms with E-state index in [0.29, 0.717) is 0 Å². The van der Waals surface area contributed by atoms with Gasteiger partial charge in [-0.25, -0.2) is 4.79 Å². The third-order valence-corrected chi connectivity index (χ3v) is 3.13. The maximum Gasteiger partial charge on any atom is 0.326 e. The molecule has 1 amide bonds. The zero-order valence-electron chi connectivity index (χ0n) is 11.1. The van der Waals surface area contributed by atoms with E-state index in [0.717, 1.165) is 16.5 Å². The first-order valence-corrected chi connectivity index (χ1v) is 6.33. The number of nitrogens with two attached hydrogens (primary N) is 1. The summed E-state index contributed by atoms with van der Waals surface area (Å²) in [5.41, 5.74) is 7.22. The number of carbonyl (C=O) groups is 2. The summed E-state index contributed by atoms with van der Waals surface area (Å²) in [5.74, 6) is -1.55. The number of benzene rings is 1. The molecule has 2 aromatic rings. The van der Waals surface area contributed by atoms with Gasteiger partial charge < -0.3 is 21.1 Å². The number of aromatic amines is 1. The summed E-state index contributed by atoms with van der Waals surface area (Å²) < 4.78 is 0. The highest BCUT2D eigenvalue weighted by molar-refractivity contribution is 5.88. The standard InChI is InChI=1S/C14H17N3O3/c1-8(15)13(18)17-12(14(19)20)6-9-7-16-11-5-3-2-4-10(9)11/h2-5,7-8,12,16H,6,15H2,1H3,(H,17,18)(H,19,20)/t8-,12+/m0/s1. The van der Waals surface area contributed by atoms with Crippen molar-refractivity contribution in [1.29, 1.82) is 0 Å². The lowest BCUT2D eigenvalue weighted by Gasteiger charge is -2.15. The Hall–Kier alpha value is -2.34. The van der Waals surface area contributed by atoms with Gasteiger partial charge in [0.2, 0.25) is 5.91 Å². The number of H-pyrrole nitrogens is 1. The zero-order chi connectivity index (χ0) is 14.7. The number of carboxylic acids is 1. The Morgan fingerprint density at radius 1 is 1.40 bits per heavy atom. The Labute approximate surface area is 116 Å². The number of hydrogen-bond donors (Lipinski definition) is 4. The van der Waals surface area contributed by atoms with Gasteiger partial charge in [0.05, 0.1) is 6.04 Å². The van der Waals surface area contributed by atoms with Gasteiger partial charge in [-0.1, -0.05) is 18.2 Å². The van der Waals surface area contributed by atoms with Crippen LogP contribution in [-0.2, 0) is 16.0 Å². The van der Waals surface area contributed by atoms with Crippen LogP contribution in [0.5, 0.6) is 0 Å². The number of aromatic nitrogens is 1. The van der Waals surface area contributed by atoms with Crippen molar-refractivity contribution in [2.75, 3.05) is 0 Å². The molecule has 5 N–H and O–H groups in total. The Morgan fingerprint density at radius 3 is 2.75 bits per heavy atom. The number of fused-ring (bicyclic) bond motifs is 1. The van der Waals surface area contributed by atoms with Crippen molar-refractivity contribution < 1.29 is 14.7 Å². The first-order chi connectivity index (χ1) is 9.49.